The van der Waals surface area contributed by atoms with Crippen LogP contribution in [-0.4, -0.2) is 22.0 Å². The van der Waals surface area contributed by atoms with E-state index in [-0.39, 0.29) is 25.0 Å². The van der Waals surface area contributed by atoms with Crippen molar-refractivity contribution in [2.45, 2.75) is 50.9 Å². The van der Waals surface area contributed by atoms with Crippen LogP contribution in [0.15, 0.2) is 47.3 Å². The third kappa shape index (κ3) is 7.07. The molecule has 0 bridgehead atoms. The molecule has 220 valence electrons. The number of hydrogen-bond donors (Lipinski definition) is 2. The van der Waals surface area contributed by atoms with E-state index in [1.807, 2.05) is 4.98 Å². The summed E-state index contributed by atoms with van der Waals surface area (Å²) in [7, 11) is 0. The second-order valence-electron chi connectivity index (χ2n) is 9.30. The molecule has 0 aliphatic heterocycles. The van der Waals surface area contributed by atoms with Gasteiger partial charge in [0.15, 0.2) is 0 Å². The highest BCUT2D eigenvalue weighted by Crippen LogP contribution is 2.39. The van der Waals surface area contributed by atoms with E-state index in [1.54, 1.807) is 0 Å². The average molecular weight is 593 g/mol. The van der Waals surface area contributed by atoms with Crippen LogP contribution in [0.25, 0.3) is 11.4 Å². The maximum atomic E-state index is 15.3. The zero-order chi connectivity index (χ0) is 30.1. The highest BCUT2D eigenvalue weighted by molar-refractivity contribution is 5.79. The minimum atomic E-state index is -5.13. The lowest BCUT2D eigenvalue weighted by Crippen LogP contribution is -2.42. The van der Waals surface area contributed by atoms with E-state index in [1.165, 1.54) is 12.1 Å². The number of halogens is 9. The Morgan fingerprint density at radius 3 is 2.39 bits per heavy atom. The van der Waals surface area contributed by atoms with Gasteiger partial charge in [-0.25, -0.2) is 18.2 Å². The maximum Gasteiger partial charge on any atom is 0.417 e. The van der Waals surface area contributed by atoms with E-state index >= 15 is 4.39 Å². The van der Waals surface area contributed by atoms with Crippen molar-refractivity contribution in [2.75, 3.05) is 0 Å². The van der Waals surface area contributed by atoms with Gasteiger partial charge in [0.05, 0.1) is 29.4 Å². The zero-order valence-corrected chi connectivity index (χ0v) is 20.7. The first kappa shape index (κ1) is 30.1. The van der Waals surface area contributed by atoms with E-state index in [0.29, 0.717) is 12.1 Å². The summed E-state index contributed by atoms with van der Waals surface area (Å²) in [6.45, 7) is -0.688. The van der Waals surface area contributed by atoms with E-state index < -0.39 is 88.4 Å². The molecule has 6 nitrogen and oxygen atoms in total. The van der Waals surface area contributed by atoms with Crippen LogP contribution in [0.1, 0.15) is 47.2 Å². The summed E-state index contributed by atoms with van der Waals surface area (Å²) >= 11 is 0. The van der Waals surface area contributed by atoms with Crippen molar-refractivity contribution in [3.8, 4) is 11.4 Å². The van der Waals surface area contributed by atoms with Gasteiger partial charge >= 0.3 is 12.4 Å². The lowest BCUT2D eigenvalue weighted by atomic mass is 9.81. The summed E-state index contributed by atoms with van der Waals surface area (Å²) in [5, 5.41) is 2.38. The smallest absolute Gasteiger partial charge is 0.373 e. The van der Waals surface area contributed by atoms with Gasteiger partial charge in [-0.2, -0.15) is 26.3 Å². The third-order valence-electron chi connectivity index (χ3n) is 6.41. The molecule has 15 heteroatoms. The number of amides is 1. The highest BCUT2D eigenvalue weighted by Gasteiger charge is 2.38. The molecular formula is C26H20F9N3O3. The molecule has 0 radical (unpaired) electrons. The van der Waals surface area contributed by atoms with Crippen LogP contribution < -0.4 is 10.9 Å². The standard InChI is InChI=1S/C26H20F9N3O3/c27-21-13(4-5-17(26(33,34)35)20(21)23-37-18(22(28)29)9-19(39)38-23)10-36-24(40)14-7-16(8-14)41-11-12-2-1-3-15(6-12)25(30,31)32/h1-6,9,14,16,22H,7-8,10-11H2,(H,36,40)(H,37,38,39)/t14-,16-. The number of carbonyl (C=O) groups excluding carboxylic acids is 1. The van der Waals surface area contributed by atoms with Crippen LogP contribution in [0.3, 0.4) is 0 Å². The Balaban J connectivity index is 1.41. The first-order valence-electron chi connectivity index (χ1n) is 12.0. The molecule has 1 aliphatic carbocycles. The minimum Gasteiger partial charge on any atom is -0.373 e. The second-order valence-corrected chi connectivity index (χ2v) is 9.30. The van der Waals surface area contributed by atoms with Gasteiger partial charge in [0, 0.05) is 24.1 Å². The van der Waals surface area contributed by atoms with E-state index in [2.05, 4.69) is 10.3 Å². The normalized spacial score (nSPS) is 17.4. The quantitative estimate of drug-likeness (QED) is 0.307. The SMILES string of the molecule is O=c1cc(C(F)F)nc(-c2c(C(F)(F)F)ccc(CNC(=O)[C@H]3C[C@H](OCc4cccc(C(F)(F)F)c4)C3)c2F)[nH]1. The summed E-state index contributed by atoms with van der Waals surface area (Å²) in [5.74, 6) is -3.74. The molecule has 0 saturated heterocycles. The first-order chi connectivity index (χ1) is 19.1. The molecule has 0 unspecified atom stereocenters. The molecule has 2 N–H and O–H groups in total. The van der Waals surface area contributed by atoms with Crippen LogP contribution >= 0.6 is 0 Å². The summed E-state index contributed by atoms with van der Waals surface area (Å²) in [6.07, 6.45) is -13.0. The van der Waals surface area contributed by atoms with Gasteiger partial charge in [-0.15, -0.1) is 0 Å². The van der Waals surface area contributed by atoms with Gasteiger partial charge < -0.3 is 15.0 Å². The Bertz CT molecular complexity index is 1480. The van der Waals surface area contributed by atoms with Gasteiger partial charge in [-0.1, -0.05) is 18.2 Å². The van der Waals surface area contributed by atoms with Gasteiger partial charge in [0.25, 0.3) is 12.0 Å². The Labute approximate surface area is 225 Å². The number of carbonyl (C=O) groups is 1. The predicted molar refractivity (Wildman–Crippen MR) is 125 cm³/mol. The fourth-order valence-corrected chi connectivity index (χ4v) is 4.22. The molecule has 4 rings (SSSR count). The molecule has 41 heavy (non-hydrogen) atoms. The topological polar surface area (TPSA) is 84.1 Å². The zero-order valence-electron chi connectivity index (χ0n) is 20.7. The molecule has 1 aromatic heterocycles. The van der Waals surface area contributed by atoms with Crippen molar-refractivity contribution in [3.63, 3.8) is 0 Å². The average Bonchev–Trinajstić information content (AvgIpc) is 2.85. The van der Waals surface area contributed by atoms with Crippen molar-refractivity contribution in [2.24, 2.45) is 5.92 Å². The van der Waals surface area contributed by atoms with E-state index in [9.17, 15) is 44.7 Å². The first-order valence-corrected chi connectivity index (χ1v) is 12.0. The predicted octanol–water partition coefficient (Wildman–Crippen LogP) is 6.16. The summed E-state index contributed by atoms with van der Waals surface area (Å²) in [6, 6.07) is 6.19. The van der Waals surface area contributed by atoms with Crippen molar-refractivity contribution in [1.82, 2.24) is 15.3 Å². The number of nitrogens with one attached hydrogen (secondary N) is 2. The maximum absolute atomic E-state index is 15.3. The monoisotopic (exact) mass is 593 g/mol. The molecular weight excluding hydrogens is 573 g/mol. The molecule has 1 saturated carbocycles. The van der Waals surface area contributed by atoms with E-state index in [0.717, 1.165) is 18.2 Å². The van der Waals surface area contributed by atoms with Crippen LogP contribution in [0.4, 0.5) is 39.5 Å². The fraction of sp³-hybridized carbons (Fsp3) is 0.346. The number of aromatic amines is 1. The molecule has 3 aromatic rings. The fourth-order valence-electron chi connectivity index (χ4n) is 4.22. The second kappa shape index (κ2) is 11.5. The van der Waals surface area contributed by atoms with Crippen molar-refractivity contribution in [1.29, 1.82) is 0 Å². The molecule has 2 aromatic carbocycles. The van der Waals surface area contributed by atoms with Gasteiger partial charge in [-0.3, -0.25) is 9.59 Å². The lowest BCUT2D eigenvalue weighted by molar-refractivity contribution is -0.138. The van der Waals surface area contributed by atoms with Crippen molar-refractivity contribution >= 4 is 5.91 Å². The van der Waals surface area contributed by atoms with Crippen molar-refractivity contribution < 1.29 is 49.0 Å². The number of nitrogens with zero attached hydrogens (tertiary/aromatic N) is 1. The highest BCUT2D eigenvalue weighted by atomic mass is 19.4. The largest absolute Gasteiger partial charge is 0.417 e. The van der Waals surface area contributed by atoms with Crippen LogP contribution in [-0.2, 0) is 35.0 Å². The Morgan fingerprint density at radius 1 is 1.05 bits per heavy atom. The Kier molecular flexibility index (Phi) is 8.47. The van der Waals surface area contributed by atoms with Crippen LogP contribution in [0, 0.1) is 11.7 Å². The Morgan fingerprint density at radius 2 is 1.76 bits per heavy atom. The molecule has 1 heterocycles. The molecule has 1 aliphatic rings. The number of alkyl halides is 8. The van der Waals surface area contributed by atoms with Gasteiger partial charge in [0.2, 0.25) is 5.91 Å². The molecule has 0 atom stereocenters. The lowest BCUT2D eigenvalue weighted by Gasteiger charge is -2.34. The van der Waals surface area contributed by atoms with Gasteiger partial charge in [-0.05, 0) is 36.6 Å². The third-order valence-corrected chi connectivity index (χ3v) is 6.41. The molecule has 0 spiro atoms. The van der Waals surface area contributed by atoms with Gasteiger partial charge in [0.1, 0.15) is 17.3 Å². The van der Waals surface area contributed by atoms with Crippen molar-refractivity contribution in [3.05, 3.63) is 86.6 Å². The number of hydrogen-bond acceptors (Lipinski definition) is 4. The van der Waals surface area contributed by atoms with E-state index in [4.69, 9.17) is 4.74 Å². The number of benzene rings is 2. The summed E-state index contributed by atoms with van der Waals surface area (Å²) in [4.78, 5) is 29.4. The van der Waals surface area contributed by atoms with Crippen LogP contribution in [0.2, 0.25) is 0 Å². The number of aromatic nitrogens is 2. The Hall–Kier alpha value is -3.88. The molecule has 1 amide bonds. The summed E-state index contributed by atoms with van der Waals surface area (Å²) in [5.41, 5.74) is -6.16. The number of ether oxygens (including phenoxy) is 1. The number of rotatable bonds is 8. The number of H-pyrrole nitrogens is 1. The molecule has 1 fully saturated rings. The summed E-state index contributed by atoms with van der Waals surface area (Å²) < 4.78 is 126. The minimum absolute atomic E-state index is 0.120. The van der Waals surface area contributed by atoms with Crippen LogP contribution in [0.5, 0.6) is 0 Å².